The van der Waals surface area contributed by atoms with Crippen LogP contribution in [0.1, 0.15) is 28.8 Å². The third-order valence-corrected chi connectivity index (χ3v) is 4.22. The van der Waals surface area contributed by atoms with Crippen LogP contribution in [0.2, 0.25) is 0 Å². The number of carbonyl (C=O) groups excluding carboxylic acids is 3. The number of nitrogens with zero attached hydrogens (tertiary/aromatic N) is 1. The summed E-state index contributed by atoms with van der Waals surface area (Å²) in [4.78, 5) is 46.2. The van der Waals surface area contributed by atoms with Crippen molar-refractivity contribution >= 4 is 35.2 Å². The predicted octanol–water partition coefficient (Wildman–Crippen LogP) is 2.68. The van der Waals surface area contributed by atoms with E-state index in [2.05, 4.69) is 10.6 Å². The van der Waals surface area contributed by atoms with Gasteiger partial charge in [-0.05, 0) is 48.7 Å². The highest BCUT2D eigenvalue weighted by Gasteiger charge is 2.25. The molecule has 30 heavy (non-hydrogen) atoms. The highest BCUT2D eigenvalue weighted by atomic mass is 16.6. The zero-order valence-electron chi connectivity index (χ0n) is 15.9. The fourth-order valence-corrected chi connectivity index (χ4v) is 2.52. The molecule has 2 N–H and O–H groups in total. The zero-order chi connectivity index (χ0) is 21.5. The molecule has 9 nitrogen and oxygen atoms in total. The van der Waals surface area contributed by atoms with E-state index in [1.807, 2.05) is 0 Å². The van der Waals surface area contributed by atoms with E-state index in [1.54, 1.807) is 24.3 Å². The standard InChI is InChI=1S/C21H19N3O6/c25-19(23-18-4-2-1-3-17(18)21(27)22-15-8-9-15)13-30-20(26)12-7-14-5-10-16(11-6-14)24(28)29/h1-7,10-12,15H,8-9,13H2,(H,22,27)(H,23,25)/b12-7+. The van der Waals surface area contributed by atoms with Crippen molar-refractivity contribution in [1.82, 2.24) is 5.32 Å². The SMILES string of the molecule is O=C(COC(=O)/C=C/c1ccc([N+](=O)[O-])cc1)Nc1ccccc1C(=O)NC1CC1. The summed E-state index contributed by atoms with van der Waals surface area (Å²) in [6.07, 6.45) is 4.43. The summed E-state index contributed by atoms with van der Waals surface area (Å²) in [6.45, 7) is -0.526. The van der Waals surface area contributed by atoms with Crippen molar-refractivity contribution in [2.75, 3.05) is 11.9 Å². The van der Waals surface area contributed by atoms with E-state index in [4.69, 9.17) is 4.74 Å². The van der Waals surface area contributed by atoms with Gasteiger partial charge in [-0.15, -0.1) is 0 Å². The van der Waals surface area contributed by atoms with Crippen LogP contribution in [0.5, 0.6) is 0 Å². The number of rotatable bonds is 8. The van der Waals surface area contributed by atoms with Crippen molar-refractivity contribution in [1.29, 1.82) is 0 Å². The van der Waals surface area contributed by atoms with Gasteiger partial charge < -0.3 is 15.4 Å². The largest absolute Gasteiger partial charge is 0.452 e. The third-order valence-electron chi connectivity index (χ3n) is 4.22. The molecule has 0 saturated heterocycles. The maximum atomic E-state index is 12.2. The number of non-ortho nitro benzene ring substituents is 1. The quantitative estimate of drug-likeness (QED) is 0.299. The van der Waals surface area contributed by atoms with Gasteiger partial charge in [0.1, 0.15) is 0 Å². The normalized spacial score (nSPS) is 12.9. The van der Waals surface area contributed by atoms with E-state index in [9.17, 15) is 24.5 Å². The molecular weight excluding hydrogens is 390 g/mol. The molecule has 1 saturated carbocycles. The number of benzene rings is 2. The Hall–Kier alpha value is -4.01. The van der Waals surface area contributed by atoms with Crippen LogP contribution in [0.3, 0.4) is 0 Å². The maximum Gasteiger partial charge on any atom is 0.331 e. The van der Waals surface area contributed by atoms with Crippen LogP contribution < -0.4 is 10.6 Å². The molecule has 0 unspecified atom stereocenters. The maximum absolute atomic E-state index is 12.2. The van der Waals surface area contributed by atoms with Crippen LogP contribution in [-0.2, 0) is 14.3 Å². The number of nitro benzene ring substituents is 1. The molecule has 0 heterocycles. The Morgan fingerprint density at radius 3 is 2.47 bits per heavy atom. The number of amides is 2. The molecule has 0 atom stereocenters. The van der Waals surface area contributed by atoms with Crippen LogP contribution in [0.25, 0.3) is 6.08 Å². The lowest BCUT2D eigenvalue weighted by molar-refractivity contribution is -0.384. The van der Waals surface area contributed by atoms with Gasteiger partial charge in [-0.2, -0.15) is 0 Å². The first-order valence-corrected chi connectivity index (χ1v) is 9.21. The van der Waals surface area contributed by atoms with Crippen molar-refractivity contribution < 1.29 is 24.0 Å². The second-order valence-corrected chi connectivity index (χ2v) is 6.63. The molecule has 0 spiro atoms. The van der Waals surface area contributed by atoms with E-state index in [1.165, 1.54) is 30.3 Å². The van der Waals surface area contributed by atoms with E-state index in [0.29, 0.717) is 16.8 Å². The lowest BCUT2D eigenvalue weighted by Gasteiger charge is -2.11. The van der Waals surface area contributed by atoms with Gasteiger partial charge in [0.2, 0.25) is 0 Å². The average molecular weight is 409 g/mol. The molecule has 2 amide bonds. The van der Waals surface area contributed by atoms with Crippen molar-refractivity contribution in [3.05, 3.63) is 75.8 Å². The lowest BCUT2D eigenvalue weighted by atomic mass is 10.1. The molecule has 1 fully saturated rings. The number of esters is 1. The zero-order valence-corrected chi connectivity index (χ0v) is 15.9. The Balaban J connectivity index is 1.50. The number of para-hydroxylation sites is 1. The molecule has 0 aromatic heterocycles. The molecule has 0 bridgehead atoms. The van der Waals surface area contributed by atoms with Gasteiger partial charge in [0.15, 0.2) is 6.61 Å². The first-order valence-electron chi connectivity index (χ1n) is 9.21. The Morgan fingerprint density at radius 2 is 1.80 bits per heavy atom. The third kappa shape index (κ3) is 5.99. The van der Waals surface area contributed by atoms with Gasteiger partial charge in [0.05, 0.1) is 16.2 Å². The van der Waals surface area contributed by atoms with Crippen LogP contribution in [0.4, 0.5) is 11.4 Å². The predicted molar refractivity (Wildman–Crippen MR) is 109 cm³/mol. The van der Waals surface area contributed by atoms with E-state index >= 15 is 0 Å². The van der Waals surface area contributed by atoms with Crippen LogP contribution in [-0.4, -0.2) is 35.4 Å². The molecule has 2 aromatic carbocycles. The summed E-state index contributed by atoms with van der Waals surface area (Å²) in [5, 5.41) is 16.0. The Bertz CT molecular complexity index is 996. The van der Waals surface area contributed by atoms with E-state index in [-0.39, 0.29) is 17.6 Å². The Kier molecular flexibility index (Phi) is 6.53. The monoisotopic (exact) mass is 409 g/mol. The van der Waals surface area contributed by atoms with E-state index < -0.39 is 23.4 Å². The first kappa shape index (κ1) is 20.7. The van der Waals surface area contributed by atoms with Gasteiger partial charge >= 0.3 is 5.97 Å². The van der Waals surface area contributed by atoms with Crippen molar-refractivity contribution in [2.24, 2.45) is 0 Å². The molecule has 2 aromatic rings. The Morgan fingerprint density at radius 1 is 1.10 bits per heavy atom. The minimum Gasteiger partial charge on any atom is -0.452 e. The summed E-state index contributed by atoms with van der Waals surface area (Å²) < 4.78 is 4.89. The summed E-state index contributed by atoms with van der Waals surface area (Å²) in [7, 11) is 0. The summed E-state index contributed by atoms with van der Waals surface area (Å²) in [5.41, 5.74) is 1.18. The van der Waals surface area contributed by atoms with Crippen molar-refractivity contribution in [3.63, 3.8) is 0 Å². The number of carbonyl (C=O) groups is 3. The number of ether oxygens (including phenoxy) is 1. The lowest BCUT2D eigenvalue weighted by Crippen LogP contribution is -2.27. The van der Waals surface area contributed by atoms with Gasteiger partial charge in [-0.25, -0.2) is 4.79 Å². The molecular formula is C21H19N3O6. The average Bonchev–Trinajstić information content (AvgIpc) is 3.55. The molecule has 1 aliphatic carbocycles. The van der Waals surface area contributed by atoms with Gasteiger partial charge in [-0.1, -0.05) is 12.1 Å². The molecule has 0 radical (unpaired) electrons. The van der Waals surface area contributed by atoms with Gasteiger partial charge in [0, 0.05) is 24.3 Å². The number of nitro groups is 1. The van der Waals surface area contributed by atoms with Crippen molar-refractivity contribution in [3.8, 4) is 0 Å². The highest BCUT2D eigenvalue weighted by molar-refractivity contribution is 6.04. The Labute approximate surface area is 171 Å². The fourth-order valence-electron chi connectivity index (χ4n) is 2.52. The molecule has 3 rings (SSSR count). The topological polar surface area (TPSA) is 128 Å². The molecule has 1 aliphatic rings. The van der Waals surface area contributed by atoms with Crippen LogP contribution in [0, 0.1) is 10.1 Å². The summed E-state index contributed by atoms with van der Waals surface area (Å²) in [6, 6.07) is 12.4. The number of nitrogens with one attached hydrogen (secondary N) is 2. The first-order chi connectivity index (χ1) is 14.4. The van der Waals surface area contributed by atoms with E-state index in [0.717, 1.165) is 18.9 Å². The van der Waals surface area contributed by atoms with Gasteiger partial charge in [0.25, 0.3) is 17.5 Å². The smallest absolute Gasteiger partial charge is 0.331 e. The summed E-state index contributed by atoms with van der Waals surface area (Å²) >= 11 is 0. The number of anilines is 1. The minimum absolute atomic E-state index is 0.0579. The fraction of sp³-hybridized carbons (Fsp3) is 0.190. The van der Waals surface area contributed by atoms with Crippen molar-refractivity contribution in [2.45, 2.75) is 18.9 Å². The number of hydrogen-bond donors (Lipinski definition) is 2. The minimum atomic E-state index is -0.747. The molecule has 0 aliphatic heterocycles. The highest BCUT2D eigenvalue weighted by Crippen LogP contribution is 2.21. The summed E-state index contributed by atoms with van der Waals surface area (Å²) in [5.74, 6) is -1.60. The molecule has 9 heteroatoms. The molecule has 154 valence electrons. The number of hydrogen-bond acceptors (Lipinski definition) is 6. The second kappa shape index (κ2) is 9.46. The van der Waals surface area contributed by atoms with Gasteiger partial charge in [-0.3, -0.25) is 19.7 Å². The second-order valence-electron chi connectivity index (χ2n) is 6.63. The van der Waals surface area contributed by atoms with Crippen LogP contribution in [0.15, 0.2) is 54.6 Å². The van der Waals surface area contributed by atoms with Crippen LogP contribution >= 0.6 is 0 Å².